The number of fused-ring (bicyclic) bond motifs is 1. The van der Waals surface area contributed by atoms with Gasteiger partial charge in [0, 0.05) is 27.1 Å². The Morgan fingerprint density at radius 2 is 2.00 bits per heavy atom. The van der Waals surface area contributed by atoms with Gasteiger partial charge in [0.1, 0.15) is 5.82 Å². The molecule has 5 nitrogen and oxygen atoms in total. The van der Waals surface area contributed by atoms with E-state index in [2.05, 4.69) is 0 Å². The van der Waals surface area contributed by atoms with Crippen LogP contribution in [0, 0.1) is 5.82 Å². The highest BCUT2D eigenvalue weighted by Gasteiger charge is 2.39. The summed E-state index contributed by atoms with van der Waals surface area (Å²) in [7, 11) is 3.25. The minimum atomic E-state index is -0.812. The monoisotopic (exact) mass is 312 g/mol. The van der Waals surface area contributed by atoms with Crippen molar-refractivity contribution in [1.82, 2.24) is 4.90 Å². The number of anilines is 1. The Hall–Kier alpha value is -1.95. The lowest BCUT2D eigenvalue weighted by Gasteiger charge is -2.17. The third kappa shape index (κ3) is 2.76. The highest BCUT2D eigenvalue weighted by Crippen LogP contribution is 2.36. The van der Waals surface area contributed by atoms with Gasteiger partial charge in [-0.05, 0) is 18.6 Å². The molecule has 0 unspecified atom stereocenters. The Kier molecular flexibility index (Phi) is 4.27. The van der Waals surface area contributed by atoms with Crippen LogP contribution in [0.1, 0.15) is 23.2 Å². The molecule has 0 fully saturated rings. The molecule has 2 amide bonds. The molecular weight excluding hydrogens is 299 g/mol. The molecule has 7 heteroatoms. The predicted octanol–water partition coefficient (Wildman–Crippen LogP) is 1.88. The van der Waals surface area contributed by atoms with Crippen LogP contribution in [0.5, 0.6) is 0 Å². The maximum absolute atomic E-state index is 13.9. The number of halogens is 2. The van der Waals surface area contributed by atoms with Crippen molar-refractivity contribution < 1.29 is 18.8 Å². The molecule has 0 radical (unpaired) electrons. The molecule has 0 aliphatic carbocycles. The fourth-order valence-electron chi connectivity index (χ4n) is 2.18. The first-order chi connectivity index (χ1) is 9.84. The van der Waals surface area contributed by atoms with Crippen molar-refractivity contribution in [2.75, 3.05) is 25.5 Å². The fourth-order valence-corrected chi connectivity index (χ4v) is 2.42. The zero-order chi connectivity index (χ0) is 15.7. The molecule has 2 rings (SSSR count). The quantitative estimate of drug-likeness (QED) is 0.798. The molecule has 1 aliphatic rings. The summed E-state index contributed by atoms with van der Waals surface area (Å²) in [5, 5.41) is 0.0524. The number of rotatable bonds is 4. The van der Waals surface area contributed by atoms with Crippen molar-refractivity contribution in [2.45, 2.75) is 12.8 Å². The highest BCUT2D eigenvalue weighted by atomic mass is 35.5. The van der Waals surface area contributed by atoms with Crippen LogP contribution in [0.25, 0.3) is 0 Å². The molecule has 21 heavy (non-hydrogen) atoms. The number of carbonyl (C=O) groups is 3. The Bertz CT molecular complexity index is 631. The molecule has 0 atom stereocenters. The zero-order valence-electron chi connectivity index (χ0n) is 11.7. The van der Waals surface area contributed by atoms with Gasteiger partial charge in [0.15, 0.2) is 0 Å². The Balaban J connectivity index is 2.20. The average Bonchev–Trinajstić information content (AvgIpc) is 2.68. The SMILES string of the molecule is CN(C)C(=O)CCCN1C(=O)C(=O)c2c(Cl)ccc(F)c21. The number of benzene rings is 1. The van der Waals surface area contributed by atoms with Gasteiger partial charge in [-0.25, -0.2) is 4.39 Å². The second-order valence-corrected chi connectivity index (χ2v) is 5.34. The average molecular weight is 313 g/mol. The van der Waals surface area contributed by atoms with Gasteiger partial charge in [-0.15, -0.1) is 0 Å². The van der Waals surface area contributed by atoms with Gasteiger partial charge in [-0.1, -0.05) is 11.6 Å². The highest BCUT2D eigenvalue weighted by molar-refractivity contribution is 6.55. The van der Waals surface area contributed by atoms with Gasteiger partial charge in [0.25, 0.3) is 11.7 Å². The maximum Gasteiger partial charge on any atom is 0.299 e. The summed E-state index contributed by atoms with van der Waals surface area (Å²) in [4.78, 5) is 37.8. The Morgan fingerprint density at radius 1 is 1.33 bits per heavy atom. The van der Waals surface area contributed by atoms with E-state index >= 15 is 0 Å². The van der Waals surface area contributed by atoms with Crippen molar-refractivity contribution in [2.24, 2.45) is 0 Å². The van der Waals surface area contributed by atoms with Gasteiger partial charge in [0.2, 0.25) is 5.91 Å². The van der Waals surface area contributed by atoms with E-state index in [0.29, 0.717) is 6.42 Å². The van der Waals surface area contributed by atoms with E-state index in [0.717, 1.165) is 11.0 Å². The third-order valence-electron chi connectivity index (χ3n) is 3.29. The lowest BCUT2D eigenvalue weighted by atomic mass is 10.1. The minimum Gasteiger partial charge on any atom is -0.349 e. The molecule has 0 aromatic heterocycles. The summed E-state index contributed by atoms with van der Waals surface area (Å²) in [6.07, 6.45) is 0.546. The van der Waals surface area contributed by atoms with Crippen LogP contribution in [0.15, 0.2) is 12.1 Å². The van der Waals surface area contributed by atoms with Crippen LogP contribution >= 0.6 is 11.6 Å². The first-order valence-corrected chi connectivity index (χ1v) is 6.76. The summed E-state index contributed by atoms with van der Waals surface area (Å²) in [5.41, 5.74) is -0.185. The van der Waals surface area contributed by atoms with Crippen LogP contribution in [0.3, 0.4) is 0 Å². The van der Waals surface area contributed by atoms with Crippen LogP contribution in [0.2, 0.25) is 5.02 Å². The van der Waals surface area contributed by atoms with Gasteiger partial charge in [0.05, 0.1) is 16.3 Å². The van der Waals surface area contributed by atoms with E-state index < -0.39 is 17.5 Å². The van der Waals surface area contributed by atoms with Crippen LogP contribution in [0.4, 0.5) is 10.1 Å². The first kappa shape index (κ1) is 15.4. The van der Waals surface area contributed by atoms with Crippen molar-refractivity contribution in [3.8, 4) is 0 Å². The second kappa shape index (κ2) is 5.81. The normalized spacial score (nSPS) is 13.6. The molecular formula is C14H14ClFN2O3. The number of ketones is 1. The summed E-state index contributed by atoms with van der Waals surface area (Å²) in [6, 6.07) is 2.37. The van der Waals surface area contributed by atoms with E-state index in [1.807, 2.05) is 0 Å². The molecule has 1 aromatic carbocycles. The molecule has 1 aliphatic heterocycles. The summed E-state index contributed by atoms with van der Waals surface area (Å²) in [6.45, 7) is 0.0917. The molecule has 0 spiro atoms. The number of Topliss-reactive ketones (excluding diaryl/α,β-unsaturated/α-hetero) is 1. The lowest BCUT2D eigenvalue weighted by Crippen LogP contribution is -2.32. The van der Waals surface area contributed by atoms with Crippen molar-refractivity contribution in [1.29, 1.82) is 0 Å². The topological polar surface area (TPSA) is 57.7 Å². The number of amides is 2. The van der Waals surface area contributed by atoms with E-state index in [4.69, 9.17) is 11.6 Å². The molecule has 112 valence electrons. The fraction of sp³-hybridized carbons (Fsp3) is 0.357. The smallest absolute Gasteiger partial charge is 0.299 e. The standard InChI is InChI=1S/C14H14ClFN2O3/c1-17(2)10(19)4-3-7-18-12-9(16)6-5-8(15)11(12)13(20)14(18)21/h5-6H,3-4,7H2,1-2H3. The van der Waals surface area contributed by atoms with Crippen molar-refractivity contribution in [3.05, 3.63) is 28.5 Å². The van der Waals surface area contributed by atoms with E-state index in [1.54, 1.807) is 14.1 Å². The summed E-state index contributed by atoms with van der Waals surface area (Å²) >= 11 is 5.87. The van der Waals surface area contributed by atoms with Gasteiger partial charge in [-0.3, -0.25) is 14.4 Å². The lowest BCUT2D eigenvalue weighted by molar-refractivity contribution is -0.128. The number of hydrogen-bond acceptors (Lipinski definition) is 3. The molecule has 0 N–H and O–H groups in total. The van der Waals surface area contributed by atoms with Gasteiger partial charge >= 0.3 is 0 Å². The molecule has 0 bridgehead atoms. The number of carbonyl (C=O) groups excluding carboxylic acids is 3. The minimum absolute atomic E-state index is 0.0524. The number of hydrogen-bond donors (Lipinski definition) is 0. The maximum atomic E-state index is 13.9. The third-order valence-corrected chi connectivity index (χ3v) is 3.60. The summed E-state index contributed by atoms with van der Waals surface area (Å²) < 4.78 is 13.9. The van der Waals surface area contributed by atoms with Gasteiger partial charge < -0.3 is 9.80 Å². The first-order valence-electron chi connectivity index (χ1n) is 6.39. The molecule has 1 aromatic rings. The number of nitrogens with zero attached hydrogens (tertiary/aromatic N) is 2. The van der Waals surface area contributed by atoms with Crippen LogP contribution < -0.4 is 4.90 Å². The Morgan fingerprint density at radius 3 is 2.62 bits per heavy atom. The van der Waals surface area contributed by atoms with Crippen LogP contribution in [-0.2, 0) is 9.59 Å². The second-order valence-electron chi connectivity index (χ2n) is 4.93. The van der Waals surface area contributed by atoms with Crippen molar-refractivity contribution in [3.63, 3.8) is 0 Å². The van der Waals surface area contributed by atoms with Gasteiger partial charge in [-0.2, -0.15) is 0 Å². The van der Waals surface area contributed by atoms with Crippen LogP contribution in [-0.4, -0.2) is 43.1 Å². The molecule has 0 saturated heterocycles. The van der Waals surface area contributed by atoms with E-state index in [9.17, 15) is 18.8 Å². The predicted molar refractivity (Wildman–Crippen MR) is 76.0 cm³/mol. The largest absolute Gasteiger partial charge is 0.349 e. The van der Waals surface area contributed by atoms with Crippen molar-refractivity contribution >= 4 is 34.9 Å². The summed E-state index contributed by atoms with van der Waals surface area (Å²) in [5.74, 6) is -2.39. The Labute approximate surface area is 126 Å². The molecule has 1 heterocycles. The van der Waals surface area contributed by atoms with E-state index in [-0.39, 0.29) is 35.1 Å². The zero-order valence-corrected chi connectivity index (χ0v) is 12.4. The molecule has 0 saturated carbocycles. The van der Waals surface area contributed by atoms with E-state index in [1.165, 1.54) is 11.0 Å².